The van der Waals surface area contributed by atoms with Gasteiger partial charge in [-0.15, -0.1) is 0 Å². The summed E-state index contributed by atoms with van der Waals surface area (Å²) in [6.45, 7) is 2.18. The molecule has 0 bridgehead atoms. The first-order valence-corrected chi connectivity index (χ1v) is 11.7. The summed E-state index contributed by atoms with van der Waals surface area (Å²) < 4.78 is 7.09. The van der Waals surface area contributed by atoms with Gasteiger partial charge in [0.15, 0.2) is 0 Å². The maximum atomic E-state index is 7.09. The number of hydrogen-bond donors (Lipinski definition) is 1. The third-order valence-electron chi connectivity index (χ3n) is 5.10. The molecule has 0 saturated carbocycles. The highest BCUT2D eigenvalue weighted by molar-refractivity contribution is 7.07. The van der Waals surface area contributed by atoms with Crippen LogP contribution in [-0.2, 0) is 10.8 Å². The highest BCUT2D eigenvalue weighted by Crippen LogP contribution is 2.15. The molecule has 1 atom stereocenters. The number of aromatic nitrogens is 1. The van der Waals surface area contributed by atoms with Crippen LogP contribution in [0.4, 0.5) is 0 Å². The number of H-pyrrole nitrogens is 1. The summed E-state index contributed by atoms with van der Waals surface area (Å²) in [5, 5.41) is 3.81. The Labute approximate surface area is 168 Å². The molecular formula is C25H25NOSi. The molecule has 0 aliphatic rings. The predicted octanol–water partition coefficient (Wildman–Crippen LogP) is 3.63. The van der Waals surface area contributed by atoms with Crippen molar-refractivity contribution in [1.29, 1.82) is 0 Å². The molecule has 1 heterocycles. The second kappa shape index (κ2) is 8.42. The van der Waals surface area contributed by atoms with Crippen LogP contribution in [0, 0.1) is 0 Å². The molecule has 0 radical (unpaired) electrons. The monoisotopic (exact) mass is 383 g/mol. The van der Waals surface area contributed by atoms with Crippen LogP contribution in [0.25, 0.3) is 0 Å². The van der Waals surface area contributed by atoms with Gasteiger partial charge in [-0.3, -0.25) is 0 Å². The van der Waals surface area contributed by atoms with E-state index in [1.165, 1.54) is 21.1 Å². The van der Waals surface area contributed by atoms with Crippen LogP contribution in [0.3, 0.4) is 0 Å². The van der Waals surface area contributed by atoms with Crippen molar-refractivity contribution in [1.82, 2.24) is 4.98 Å². The lowest BCUT2D eigenvalue weighted by molar-refractivity contribution is 0.224. The first kappa shape index (κ1) is 18.5. The van der Waals surface area contributed by atoms with Crippen molar-refractivity contribution >= 4 is 23.9 Å². The number of benzene rings is 3. The zero-order valence-corrected chi connectivity index (χ0v) is 17.1. The maximum absolute atomic E-state index is 7.09. The molecule has 0 spiro atoms. The molecule has 0 amide bonds. The smallest absolute Gasteiger partial charge is 0.288 e. The predicted molar refractivity (Wildman–Crippen MR) is 119 cm³/mol. The average molecular weight is 384 g/mol. The van der Waals surface area contributed by atoms with Gasteiger partial charge in [-0.25, -0.2) is 0 Å². The molecule has 3 heteroatoms. The Kier molecular flexibility index (Phi) is 5.56. The van der Waals surface area contributed by atoms with Gasteiger partial charge in [-0.05, 0) is 40.5 Å². The van der Waals surface area contributed by atoms with Gasteiger partial charge in [0.1, 0.15) is 0 Å². The molecule has 2 nitrogen and oxygen atoms in total. The van der Waals surface area contributed by atoms with Gasteiger partial charge in [-0.2, -0.15) is 0 Å². The van der Waals surface area contributed by atoms with Crippen LogP contribution < -0.4 is 15.6 Å². The van der Waals surface area contributed by atoms with Gasteiger partial charge in [0.05, 0.1) is 0 Å². The molecule has 140 valence electrons. The summed E-state index contributed by atoms with van der Waals surface area (Å²) in [6, 6.07) is 34.3. The van der Waals surface area contributed by atoms with Crippen molar-refractivity contribution in [2.45, 2.75) is 19.4 Å². The van der Waals surface area contributed by atoms with E-state index in [-0.39, 0.29) is 6.10 Å². The first-order chi connectivity index (χ1) is 13.8. The number of hydrogen-bond acceptors (Lipinski definition) is 1. The second-order valence-corrected chi connectivity index (χ2v) is 10.5. The van der Waals surface area contributed by atoms with Crippen LogP contribution in [0.2, 0.25) is 0 Å². The highest BCUT2D eigenvalue weighted by atomic mass is 28.4. The van der Waals surface area contributed by atoms with Crippen molar-refractivity contribution in [2.24, 2.45) is 0 Å². The van der Waals surface area contributed by atoms with E-state index in [9.17, 15) is 0 Å². The Morgan fingerprint density at radius 1 is 0.714 bits per heavy atom. The van der Waals surface area contributed by atoms with Gasteiger partial charge in [0, 0.05) is 18.5 Å². The summed E-state index contributed by atoms with van der Waals surface area (Å²) in [6.07, 6.45) is 4.99. The topological polar surface area (TPSA) is 25.0 Å². The lowest BCUT2D eigenvalue weighted by Gasteiger charge is -2.35. The van der Waals surface area contributed by atoms with E-state index in [1.54, 1.807) is 0 Å². The van der Waals surface area contributed by atoms with Crippen LogP contribution in [-0.4, -0.2) is 19.4 Å². The molecular weight excluding hydrogens is 358 g/mol. The standard InChI is InChI=1S/C25H25NOSi/c1-21(19-22-17-18-26-20-22)27-28(23-11-5-2-6-12-23,24-13-7-3-8-14-24)25-15-9-4-10-16-25/h2-18,20-21,26H,19H2,1H3/t21-/m1/s1. The maximum Gasteiger partial charge on any atom is 0.288 e. The van der Waals surface area contributed by atoms with Gasteiger partial charge in [0.25, 0.3) is 8.32 Å². The summed E-state index contributed by atoms with van der Waals surface area (Å²) in [5.74, 6) is 0. The van der Waals surface area contributed by atoms with Gasteiger partial charge in [0.2, 0.25) is 0 Å². The normalized spacial score (nSPS) is 12.6. The zero-order chi connectivity index (χ0) is 19.2. The molecule has 0 fully saturated rings. The Hall–Kier alpha value is -2.88. The second-order valence-electron chi connectivity index (χ2n) is 7.13. The van der Waals surface area contributed by atoms with Crippen molar-refractivity contribution in [3.8, 4) is 0 Å². The Balaban J connectivity index is 1.85. The zero-order valence-electron chi connectivity index (χ0n) is 16.1. The van der Waals surface area contributed by atoms with E-state index in [0.29, 0.717) is 0 Å². The van der Waals surface area contributed by atoms with Crippen LogP contribution in [0.15, 0.2) is 109 Å². The van der Waals surface area contributed by atoms with Gasteiger partial charge >= 0.3 is 0 Å². The third-order valence-corrected chi connectivity index (χ3v) is 9.30. The summed E-state index contributed by atoms with van der Waals surface area (Å²) in [7, 11) is -2.63. The number of rotatable bonds is 7. The molecule has 0 saturated heterocycles. The van der Waals surface area contributed by atoms with Crippen LogP contribution in [0.1, 0.15) is 12.5 Å². The minimum Gasteiger partial charge on any atom is -0.401 e. The van der Waals surface area contributed by atoms with E-state index in [0.717, 1.165) is 6.42 Å². The first-order valence-electron chi connectivity index (χ1n) is 9.75. The Morgan fingerprint density at radius 3 is 1.57 bits per heavy atom. The fourth-order valence-corrected chi connectivity index (χ4v) is 7.96. The number of aromatic amines is 1. The molecule has 4 rings (SSSR count). The summed E-state index contributed by atoms with van der Waals surface area (Å²) in [5.41, 5.74) is 1.27. The SMILES string of the molecule is C[C@H](Cc1cc[nH]c1)O[Si](c1ccccc1)(c1ccccc1)c1ccccc1. The third kappa shape index (κ3) is 3.72. The van der Waals surface area contributed by atoms with Crippen LogP contribution >= 0.6 is 0 Å². The highest BCUT2D eigenvalue weighted by Gasteiger charge is 2.43. The van der Waals surface area contributed by atoms with E-state index in [4.69, 9.17) is 4.43 Å². The van der Waals surface area contributed by atoms with E-state index in [1.807, 2.05) is 6.20 Å². The van der Waals surface area contributed by atoms with Crippen LogP contribution in [0.5, 0.6) is 0 Å². The molecule has 28 heavy (non-hydrogen) atoms. The molecule has 1 N–H and O–H groups in total. The Bertz CT molecular complexity index is 872. The lowest BCUT2D eigenvalue weighted by Crippen LogP contribution is -2.70. The van der Waals surface area contributed by atoms with Crippen molar-refractivity contribution in [3.05, 3.63) is 115 Å². The minimum atomic E-state index is -2.63. The van der Waals surface area contributed by atoms with Gasteiger partial charge < -0.3 is 9.41 Å². The van der Waals surface area contributed by atoms with Crippen molar-refractivity contribution in [3.63, 3.8) is 0 Å². The number of nitrogens with one attached hydrogen (secondary N) is 1. The van der Waals surface area contributed by atoms with E-state index >= 15 is 0 Å². The quantitative estimate of drug-likeness (QED) is 0.383. The fourth-order valence-electron chi connectivity index (χ4n) is 3.88. The molecule has 0 unspecified atom stereocenters. The van der Waals surface area contributed by atoms with E-state index < -0.39 is 8.32 Å². The van der Waals surface area contributed by atoms with Crippen molar-refractivity contribution in [2.75, 3.05) is 0 Å². The summed E-state index contributed by atoms with van der Waals surface area (Å²) in [4.78, 5) is 3.15. The summed E-state index contributed by atoms with van der Waals surface area (Å²) >= 11 is 0. The molecule has 0 aliphatic heterocycles. The lowest BCUT2D eigenvalue weighted by atomic mass is 10.2. The largest absolute Gasteiger partial charge is 0.401 e. The average Bonchev–Trinajstić information content (AvgIpc) is 3.27. The van der Waals surface area contributed by atoms with Crippen molar-refractivity contribution < 1.29 is 4.43 Å². The minimum absolute atomic E-state index is 0.0862. The molecule has 4 aromatic rings. The van der Waals surface area contributed by atoms with Gasteiger partial charge in [-0.1, -0.05) is 91.0 Å². The molecule has 3 aromatic carbocycles. The molecule has 0 aliphatic carbocycles. The fraction of sp³-hybridized carbons (Fsp3) is 0.120. The van der Waals surface area contributed by atoms with E-state index in [2.05, 4.69) is 115 Å². The Morgan fingerprint density at radius 2 is 1.18 bits per heavy atom. The molecule has 1 aromatic heterocycles.